The van der Waals surface area contributed by atoms with Crippen molar-refractivity contribution in [1.82, 2.24) is 9.88 Å². The van der Waals surface area contributed by atoms with Crippen LogP contribution in [0.15, 0.2) is 65.6 Å². The normalized spacial score (nSPS) is 11.6. The summed E-state index contributed by atoms with van der Waals surface area (Å²) in [5, 5.41) is 14.6. The third-order valence-corrected chi connectivity index (χ3v) is 5.02. The van der Waals surface area contributed by atoms with Crippen LogP contribution < -0.4 is 16.2 Å². The van der Waals surface area contributed by atoms with Crippen molar-refractivity contribution in [3.63, 3.8) is 0 Å². The van der Waals surface area contributed by atoms with E-state index in [9.17, 15) is 23.9 Å². The van der Waals surface area contributed by atoms with Crippen LogP contribution in [0.3, 0.4) is 0 Å². The van der Waals surface area contributed by atoms with Gasteiger partial charge in [0.15, 0.2) is 0 Å². The number of carboxylic acids is 1. The van der Waals surface area contributed by atoms with Gasteiger partial charge in [0.1, 0.15) is 11.5 Å². The van der Waals surface area contributed by atoms with Gasteiger partial charge in [0, 0.05) is 16.8 Å². The number of pyridine rings is 1. The highest BCUT2D eigenvalue weighted by Gasteiger charge is 2.19. The molecule has 0 unspecified atom stereocenters. The zero-order valence-corrected chi connectivity index (χ0v) is 17.9. The molecule has 1 atom stereocenters. The monoisotopic (exact) mass is 457 g/mol. The molecule has 0 bridgehead atoms. The summed E-state index contributed by atoms with van der Waals surface area (Å²) >= 11 is 5.91. The van der Waals surface area contributed by atoms with Crippen molar-refractivity contribution in [2.45, 2.75) is 25.9 Å². The lowest BCUT2D eigenvalue weighted by Gasteiger charge is -2.18. The maximum absolute atomic E-state index is 14.0. The second-order valence-electron chi connectivity index (χ2n) is 7.25. The first-order valence-electron chi connectivity index (χ1n) is 9.72. The summed E-state index contributed by atoms with van der Waals surface area (Å²) < 4.78 is 15.3. The molecule has 166 valence electrons. The Bertz CT molecular complexity index is 1190. The van der Waals surface area contributed by atoms with Crippen LogP contribution in [-0.4, -0.2) is 21.7 Å². The Kier molecular flexibility index (Phi) is 7.27. The van der Waals surface area contributed by atoms with Gasteiger partial charge < -0.3 is 20.3 Å². The predicted molar refractivity (Wildman–Crippen MR) is 120 cm³/mol. The highest BCUT2D eigenvalue weighted by atomic mass is 35.5. The molecule has 0 saturated heterocycles. The van der Waals surface area contributed by atoms with Crippen molar-refractivity contribution in [3.8, 4) is 0 Å². The fraction of sp³-hybridized carbons (Fsp3) is 0.174. The summed E-state index contributed by atoms with van der Waals surface area (Å²) in [7, 11) is 0. The van der Waals surface area contributed by atoms with E-state index in [1.807, 2.05) is 19.1 Å². The number of aliphatic carboxylic acids is 1. The average Bonchev–Trinajstić information content (AvgIpc) is 2.73. The number of halogens is 2. The van der Waals surface area contributed by atoms with Gasteiger partial charge in [0.05, 0.1) is 19.0 Å². The number of urea groups is 1. The number of benzene rings is 2. The third kappa shape index (κ3) is 5.95. The Morgan fingerprint density at radius 1 is 1.16 bits per heavy atom. The molecule has 3 N–H and O–H groups in total. The second kappa shape index (κ2) is 10.1. The third-order valence-electron chi connectivity index (χ3n) is 4.78. The van der Waals surface area contributed by atoms with Crippen LogP contribution in [0.2, 0.25) is 5.02 Å². The molecule has 2 amide bonds. The van der Waals surface area contributed by atoms with Crippen molar-refractivity contribution in [1.29, 1.82) is 0 Å². The van der Waals surface area contributed by atoms with Crippen LogP contribution in [0, 0.1) is 12.7 Å². The van der Waals surface area contributed by atoms with Gasteiger partial charge in [-0.15, -0.1) is 0 Å². The van der Waals surface area contributed by atoms with Crippen LogP contribution in [0.4, 0.5) is 14.9 Å². The minimum absolute atomic E-state index is 0.0367. The first-order chi connectivity index (χ1) is 15.2. The first-order valence-corrected chi connectivity index (χ1v) is 10.1. The Hall–Kier alpha value is -3.65. The number of carbonyl (C=O) groups excluding carboxylic acids is 1. The second-order valence-corrected chi connectivity index (χ2v) is 7.69. The van der Waals surface area contributed by atoms with Gasteiger partial charge in [-0.1, -0.05) is 41.4 Å². The van der Waals surface area contributed by atoms with Crippen LogP contribution in [0.25, 0.3) is 0 Å². The first kappa shape index (κ1) is 23.0. The minimum Gasteiger partial charge on any atom is -0.481 e. The van der Waals surface area contributed by atoms with E-state index in [4.69, 9.17) is 11.6 Å². The smallest absolute Gasteiger partial charge is 0.319 e. The number of carboxylic acid groups (broad SMARTS) is 1. The summed E-state index contributed by atoms with van der Waals surface area (Å²) in [6, 6.07) is 12.6. The molecule has 0 aliphatic rings. The zero-order valence-electron chi connectivity index (χ0n) is 17.1. The standard InChI is InChI=1S/C23H21ClFN3O4/c1-14-4-6-15(7-5-14)20(12-21(29)30)27-23(32)26-19-3-2-10-28(22(19)31)13-16-11-17(24)8-9-18(16)25/h2-11,20H,12-13H2,1H3,(H,29,30)(H2,26,27,32)/t20-/m0/s1. The molecular weight excluding hydrogens is 437 g/mol. The number of carbonyl (C=O) groups is 2. The van der Waals surface area contributed by atoms with Crippen molar-refractivity contribution in [3.05, 3.63) is 98.7 Å². The number of aromatic nitrogens is 1. The maximum Gasteiger partial charge on any atom is 0.319 e. The van der Waals surface area contributed by atoms with Gasteiger partial charge in [0.2, 0.25) is 0 Å². The van der Waals surface area contributed by atoms with Crippen molar-refractivity contribution in [2.75, 3.05) is 5.32 Å². The molecule has 3 aromatic rings. The lowest BCUT2D eigenvalue weighted by Crippen LogP contribution is -2.36. The molecule has 1 aromatic heterocycles. The fourth-order valence-electron chi connectivity index (χ4n) is 3.15. The molecule has 0 radical (unpaired) electrons. The maximum atomic E-state index is 14.0. The molecule has 3 rings (SSSR count). The van der Waals surface area contributed by atoms with E-state index in [0.29, 0.717) is 10.6 Å². The summed E-state index contributed by atoms with van der Waals surface area (Å²) in [6.07, 6.45) is 1.13. The van der Waals surface area contributed by atoms with E-state index in [1.165, 1.54) is 41.1 Å². The van der Waals surface area contributed by atoms with Crippen molar-refractivity contribution < 1.29 is 19.1 Å². The largest absolute Gasteiger partial charge is 0.481 e. The summed E-state index contributed by atoms with van der Waals surface area (Å²) in [5.41, 5.74) is 1.25. The Morgan fingerprint density at radius 2 is 1.88 bits per heavy atom. The number of nitrogens with zero attached hydrogens (tertiary/aromatic N) is 1. The zero-order chi connectivity index (χ0) is 23.3. The minimum atomic E-state index is -1.08. The molecular formula is C23H21ClFN3O4. The van der Waals surface area contributed by atoms with Gasteiger partial charge in [-0.05, 0) is 42.8 Å². The highest BCUT2D eigenvalue weighted by molar-refractivity contribution is 6.30. The van der Waals surface area contributed by atoms with Crippen molar-refractivity contribution >= 4 is 29.3 Å². The van der Waals surface area contributed by atoms with Crippen LogP contribution in [0.1, 0.15) is 29.2 Å². The van der Waals surface area contributed by atoms with Gasteiger partial charge in [0.25, 0.3) is 5.56 Å². The predicted octanol–water partition coefficient (Wildman–Crippen LogP) is 4.34. The number of hydrogen-bond acceptors (Lipinski definition) is 3. The van der Waals surface area contributed by atoms with E-state index in [0.717, 1.165) is 5.56 Å². The van der Waals surface area contributed by atoms with Gasteiger partial charge in [-0.25, -0.2) is 9.18 Å². The summed E-state index contributed by atoms with van der Waals surface area (Å²) in [4.78, 5) is 36.5. The SMILES string of the molecule is Cc1ccc([C@H](CC(=O)O)NC(=O)Nc2cccn(Cc3cc(Cl)ccc3F)c2=O)cc1. The van der Waals surface area contributed by atoms with E-state index >= 15 is 0 Å². The molecule has 1 heterocycles. The number of amides is 2. The Morgan fingerprint density at radius 3 is 2.56 bits per heavy atom. The molecule has 0 spiro atoms. The highest BCUT2D eigenvalue weighted by Crippen LogP contribution is 2.18. The van der Waals surface area contributed by atoms with Crippen LogP contribution in [-0.2, 0) is 11.3 Å². The number of anilines is 1. The average molecular weight is 458 g/mol. The molecule has 0 aliphatic carbocycles. The fourth-order valence-corrected chi connectivity index (χ4v) is 3.34. The number of hydrogen-bond donors (Lipinski definition) is 3. The van der Waals surface area contributed by atoms with Crippen LogP contribution in [0.5, 0.6) is 0 Å². The molecule has 32 heavy (non-hydrogen) atoms. The Labute approximate surface area is 188 Å². The molecule has 0 fully saturated rings. The number of rotatable bonds is 7. The van der Waals surface area contributed by atoms with Crippen LogP contribution >= 0.6 is 11.6 Å². The molecule has 0 aliphatic heterocycles. The lowest BCUT2D eigenvalue weighted by molar-refractivity contribution is -0.137. The number of nitrogens with one attached hydrogen (secondary N) is 2. The van der Waals surface area contributed by atoms with Gasteiger partial charge >= 0.3 is 12.0 Å². The summed E-state index contributed by atoms with van der Waals surface area (Å²) in [5.74, 6) is -1.59. The molecule has 7 nitrogen and oxygen atoms in total. The topological polar surface area (TPSA) is 100 Å². The Balaban J connectivity index is 1.77. The van der Waals surface area contributed by atoms with E-state index in [1.54, 1.807) is 12.1 Å². The summed E-state index contributed by atoms with van der Waals surface area (Å²) in [6.45, 7) is 1.82. The molecule has 9 heteroatoms. The van der Waals surface area contributed by atoms with Gasteiger partial charge in [-0.2, -0.15) is 0 Å². The number of aryl methyl sites for hydroxylation is 1. The molecule has 0 saturated carbocycles. The molecule has 2 aromatic carbocycles. The van der Waals surface area contributed by atoms with E-state index in [-0.39, 0.29) is 24.2 Å². The van der Waals surface area contributed by atoms with E-state index < -0.39 is 29.4 Å². The quantitative estimate of drug-likeness (QED) is 0.491. The van der Waals surface area contributed by atoms with Gasteiger partial charge in [-0.3, -0.25) is 9.59 Å². The lowest BCUT2D eigenvalue weighted by atomic mass is 10.0. The van der Waals surface area contributed by atoms with Crippen molar-refractivity contribution in [2.24, 2.45) is 0 Å². The van der Waals surface area contributed by atoms with E-state index in [2.05, 4.69) is 10.6 Å².